The van der Waals surface area contributed by atoms with E-state index in [2.05, 4.69) is 34.1 Å². The SMILES string of the molecule is COCCN1CCC2(CC1)C[C@H](c1ccccc1)C(=O)N(C1CC1)C2. The van der Waals surface area contributed by atoms with Gasteiger partial charge in [-0.1, -0.05) is 30.3 Å². The largest absolute Gasteiger partial charge is 0.383 e. The Bertz CT molecular complexity index is 591. The number of hydrogen-bond donors (Lipinski definition) is 0. The van der Waals surface area contributed by atoms with E-state index >= 15 is 0 Å². The maximum Gasteiger partial charge on any atom is 0.230 e. The predicted octanol–water partition coefficient (Wildman–Crippen LogP) is 2.89. The van der Waals surface area contributed by atoms with Crippen LogP contribution in [-0.4, -0.2) is 61.6 Å². The van der Waals surface area contributed by atoms with Gasteiger partial charge in [0.05, 0.1) is 12.5 Å². The first-order chi connectivity index (χ1) is 12.2. The fourth-order valence-corrected chi connectivity index (χ4v) is 4.70. The summed E-state index contributed by atoms with van der Waals surface area (Å²) in [6.45, 7) is 5.10. The van der Waals surface area contributed by atoms with Crippen molar-refractivity contribution in [2.24, 2.45) is 5.41 Å². The molecule has 2 aliphatic heterocycles. The van der Waals surface area contributed by atoms with Crippen LogP contribution in [0.2, 0.25) is 0 Å². The number of hydrogen-bond acceptors (Lipinski definition) is 3. The van der Waals surface area contributed by atoms with Crippen LogP contribution in [0.5, 0.6) is 0 Å². The van der Waals surface area contributed by atoms with Crippen molar-refractivity contribution in [1.82, 2.24) is 9.80 Å². The molecular formula is C21H30N2O2. The number of benzene rings is 1. The van der Waals surface area contributed by atoms with E-state index in [9.17, 15) is 4.79 Å². The topological polar surface area (TPSA) is 32.8 Å². The Morgan fingerprint density at radius 2 is 1.88 bits per heavy atom. The molecule has 1 aliphatic carbocycles. The zero-order chi connectivity index (χ0) is 17.3. The van der Waals surface area contributed by atoms with Crippen LogP contribution in [0.3, 0.4) is 0 Å². The zero-order valence-electron chi connectivity index (χ0n) is 15.3. The molecule has 0 unspecified atom stereocenters. The van der Waals surface area contributed by atoms with Crippen molar-refractivity contribution in [3.8, 4) is 0 Å². The van der Waals surface area contributed by atoms with Gasteiger partial charge in [-0.05, 0) is 56.2 Å². The van der Waals surface area contributed by atoms with Gasteiger partial charge in [0, 0.05) is 26.2 Å². The second-order valence-corrected chi connectivity index (χ2v) is 8.20. The van der Waals surface area contributed by atoms with Gasteiger partial charge in [0.25, 0.3) is 0 Å². The summed E-state index contributed by atoms with van der Waals surface area (Å²) in [5, 5.41) is 0. The van der Waals surface area contributed by atoms with Crippen LogP contribution in [0, 0.1) is 5.41 Å². The van der Waals surface area contributed by atoms with Crippen LogP contribution in [0.15, 0.2) is 30.3 Å². The Hall–Kier alpha value is -1.39. The summed E-state index contributed by atoms with van der Waals surface area (Å²) in [6, 6.07) is 11.0. The summed E-state index contributed by atoms with van der Waals surface area (Å²) in [7, 11) is 1.77. The zero-order valence-corrected chi connectivity index (χ0v) is 15.3. The lowest BCUT2D eigenvalue weighted by Gasteiger charge is -2.50. The highest BCUT2D eigenvalue weighted by Crippen LogP contribution is 2.48. The molecule has 2 heterocycles. The van der Waals surface area contributed by atoms with Crippen molar-refractivity contribution in [2.75, 3.05) is 39.9 Å². The molecule has 4 nitrogen and oxygen atoms in total. The summed E-state index contributed by atoms with van der Waals surface area (Å²) in [4.78, 5) is 17.9. The van der Waals surface area contributed by atoms with E-state index in [1.165, 1.54) is 31.2 Å². The van der Waals surface area contributed by atoms with Gasteiger partial charge in [0.2, 0.25) is 5.91 Å². The third-order valence-electron chi connectivity index (χ3n) is 6.44. The predicted molar refractivity (Wildman–Crippen MR) is 98.5 cm³/mol. The van der Waals surface area contributed by atoms with E-state index in [-0.39, 0.29) is 5.92 Å². The van der Waals surface area contributed by atoms with Gasteiger partial charge < -0.3 is 14.5 Å². The van der Waals surface area contributed by atoms with E-state index < -0.39 is 0 Å². The van der Waals surface area contributed by atoms with Crippen molar-refractivity contribution >= 4 is 5.91 Å². The molecule has 2 saturated heterocycles. The second-order valence-electron chi connectivity index (χ2n) is 8.20. The Kier molecular flexibility index (Phi) is 4.83. The quantitative estimate of drug-likeness (QED) is 0.825. The van der Waals surface area contributed by atoms with E-state index in [0.717, 1.165) is 39.2 Å². The summed E-state index contributed by atoms with van der Waals surface area (Å²) in [6.07, 6.45) is 5.83. The molecule has 1 saturated carbocycles. The molecule has 1 aromatic rings. The van der Waals surface area contributed by atoms with Crippen molar-refractivity contribution in [1.29, 1.82) is 0 Å². The molecular weight excluding hydrogens is 312 g/mol. The minimum absolute atomic E-state index is 0.0566. The highest BCUT2D eigenvalue weighted by atomic mass is 16.5. The van der Waals surface area contributed by atoms with E-state index in [0.29, 0.717) is 17.4 Å². The van der Waals surface area contributed by atoms with Crippen molar-refractivity contribution in [3.63, 3.8) is 0 Å². The smallest absolute Gasteiger partial charge is 0.230 e. The molecule has 3 aliphatic rings. The summed E-state index contributed by atoms with van der Waals surface area (Å²) in [5.74, 6) is 0.433. The van der Waals surface area contributed by atoms with Crippen LogP contribution in [-0.2, 0) is 9.53 Å². The number of carbonyl (C=O) groups excluding carboxylic acids is 1. The van der Waals surface area contributed by atoms with Gasteiger partial charge in [0.15, 0.2) is 0 Å². The fraction of sp³-hybridized carbons (Fsp3) is 0.667. The lowest BCUT2D eigenvalue weighted by molar-refractivity contribution is -0.142. The maximum atomic E-state index is 13.1. The van der Waals surface area contributed by atoms with Gasteiger partial charge in [-0.25, -0.2) is 0 Å². The van der Waals surface area contributed by atoms with Crippen LogP contribution in [0.4, 0.5) is 0 Å². The van der Waals surface area contributed by atoms with Crippen LogP contribution in [0.1, 0.15) is 43.6 Å². The molecule has 25 heavy (non-hydrogen) atoms. The summed E-state index contributed by atoms with van der Waals surface area (Å²) >= 11 is 0. The number of ether oxygens (including phenoxy) is 1. The van der Waals surface area contributed by atoms with Crippen LogP contribution in [0.25, 0.3) is 0 Å². The normalized spacial score (nSPS) is 27.0. The summed E-state index contributed by atoms with van der Waals surface area (Å²) in [5.41, 5.74) is 1.51. The van der Waals surface area contributed by atoms with E-state index in [4.69, 9.17) is 4.74 Å². The maximum absolute atomic E-state index is 13.1. The average molecular weight is 342 g/mol. The monoisotopic (exact) mass is 342 g/mol. The van der Waals surface area contributed by atoms with E-state index in [1.54, 1.807) is 7.11 Å². The second kappa shape index (κ2) is 7.08. The van der Waals surface area contributed by atoms with Crippen molar-refractivity contribution in [3.05, 3.63) is 35.9 Å². The molecule has 0 radical (unpaired) electrons. The molecule has 1 atom stereocenters. The Morgan fingerprint density at radius 1 is 1.16 bits per heavy atom. The molecule has 3 fully saturated rings. The van der Waals surface area contributed by atoms with Crippen molar-refractivity contribution < 1.29 is 9.53 Å². The first-order valence-electron chi connectivity index (χ1n) is 9.77. The fourth-order valence-electron chi connectivity index (χ4n) is 4.70. The standard InChI is InChI=1S/C21H30N2O2/c1-25-14-13-22-11-9-21(10-12-22)15-19(17-5-3-2-4-6-17)20(24)23(16-21)18-7-8-18/h2-6,18-19H,7-16H2,1H3/t19-/m1/s1. The average Bonchev–Trinajstić information content (AvgIpc) is 3.49. The molecule has 0 N–H and O–H groups in total. The molecule has 0 aromatic heterocycles. The molecule has 4 rings (SSSR count). The number of amides is 1. The van der Waals surface area contributed by atoms with Gasteiger partial charge in [-0.15, -0.1) is 0 Å². The molecule has 1 spiro atoms. The van der Waals surface area contributed by atoms with Gasteiger partial charge in [0.1, 0.15) is 0 Å². The molecule has 4 heteroatoms. The third kappa shape index (κ3) is 3.61. The van der Waals surface area contributed by atoms with E-state index in [1.807, 2.05) is 6.07 Å². The number of piperidine rings is 2. The Morgan fingerprint density at radius 3 is 2.52 bits per heavy atom. The minimum Gasteiger partial charge on any atom is -0.383 e. The number of rotatable bonds is 5. The Labute approximate surface area is 151 Å². The first kappa shape index (κ1) is 17.0. The third-order valence-corrected chi connectivity index (χ3v) is 6.44. The number of methoxy groups -OCH3 is 1. The lowest BCUT2D eigenvalue weighted by atomic mass is 9.67. The summed E-state index contributed by atoms with van der Waals surface area (Å²) < 4.78 is 5.23. The van der Waals surface area contributed by atoms with Gasteiger partial charge in [-0.3, -0.25) is 4.79 Å². The van der Waals surface area contributed by atoms with Crippen molar-refractivity contribution in [2.45, 2.75) is 44.1 Å². The molecule has 0 bridgehead atoms. The minimum atomic E-state index is 0.0566. The van der Waals surface area contributed by atoms with Crippen LogP contribution >= 0.6 is 0 Å². The number of nitrogens with zero attached hydrogens (tertiary/aromatic N) is 2. The van der Waals surface area contributed by atoms with Gasteiger partial charge >= 0.3 is 0 Å². The first-order valence-corrected chi connectivity index (χ1v) is 9.77. The number of carbonyl (C=O) groups is 1. The molecule has 1 aromatic carbocycles. The highest BCUT2D eigenvalue weighted by molar-refractivity contribution is 5.85. The Balaban J connectivity index is 1.51. The van der Waals surface area contributed by atoms with Crippen LogP contribution < -0.4 is 0 Å². The molecule has 1 amide bonds. The van der Waals surface area contributed by atoms with Gasteiger partial charge in [-0.2, -0.15) is 0 Å². The molecule has 136 valence electrons. The number of likely N-dealkylation sites (tertiary alicyclic amines) is 2. The lowest BCUT2D eigenvalue weighted by Crippen LogP contribution is -2.54. The highest BCUT2D eigenvalue weighted by Gasteiger charge is 2.49.